The van der Waals surface area contributed by atoms with E-state index in [-0.39, 0.29) is 17.9 Å². The normalized spacial score (nSPS) is 15.5. The fourth-order valence-electron chi connectivity index (χ4n) is 2.99. The summed E-state index contributed by atoms with van der Waals surface area (Å²) in [6.45, 7) is 3.66. The van der Waals surface area contributed by atoms with Gasteiger partial charge in [-0.2, -0.15) is 0 Å². The number of rotatable bonds is 5. The van der Waals surface area contributed by atoms with Gasteiger partial charge in [-0.3, -0.25) is 4.79 Å². The number of benzene rings is 2. The molecule has 126 valence electrons. The Morgan fingerprint density at radius 3 is 2.42 bits per heavy atom. The molecule has 1 atom stereocenters. The number of hydrogen-bond acceptors (Lipinski definition) is 3. The van der Waals surface area contributed by atoms with Gasteiger partial charge in [-0.15, -0.1) is 0 Å². The predicted octanol–water partition coefficient (Wildman–Crippen LogP) is 3.10. The van der Waals surface area contributed by atoms with E-state index in [9.17, 15) is 4.79 Å². The number of amides is 1. The third kappa shape index (κ3) is 3.15. The number of carbonyl (C=O) groups excluding carboxylic acids is 1. The minimum absolute atomic E-state index is 0.0600. The highest BCUT2D eigenvalue weighted by atomic mass is 16.5. The summed E-state index contributed by atoms with van der Waals surface area (Å²) in [5, 5.41) is 3.15. The average molecular weight is 324 g/mol. The summed E-state index contributed by atoms with van der Waals surface area (Å²) in [4.78, 5) is 14.2. The van der Waals surface area contributed by atoms with Gasteiger partial charge in [0.25, 0.3) is 0 Å². The predicted molar refractivity (Wildman–Crippen MR) is 96.0 cm³/mol. The lowest BCUT2D eigenvalue weighted by molar-refractivity contribution is -0.137. The summed E-state index contributed by atoms with van der Waals surface area (Å²) in [6, 6.07) is 16.4. The molecule has 1 aliphatic heterocycles. The monoisotopic (exact) mass is 324 g/mol. The molecule has 2 aromatic rings. The van der Waals surface area contributed by atoms with Crippen LogP contribution in [0, 0.1) is 5.92 Å². The van der Waals surface area contributed by atoms with Crippen molar-refractivity contribution in [1.29, 1.82) is 0 Å². The lowest BCUT2D eigenvalue weighted by Crippen LogP contribution is -2.51. The van der Waals surface area contributed by atoms with Crippen molar-refractivity contribution >= 4 is 5.91 Å². The highest BCUT2D eigenvalue weighted by Gasteiger charge is 2.29. The van der Waals surface area contributed by atoms with Crippen molar-refractivity contribution in [2.75, 3.05) is 27.2 Å². The molecule has 1 heterocycles. The maximum atomic E-state index is 12.4. The maximum absolute atomic E-state index is 12.4. The van der Waals surface area contributed by atoms with Crippen molar-refractivity contribution in [3.8, 4) is 16.9 Å². The second-order valence-electron chi connectivity index (χ2n) is 6.30. The van der Waals surface area contributed by atoms with Crippen LogP contribution in [0.3, 0.4) is 0 Å². The van der Waals surface area contributed by atoms with Crippen molar-refractivity contribution in [3.63, 3.8) is 0 Å². The van der Waals surface area contributed by atoms with E-state index in [1.54, 1.807) is 7.11 Å². The van der Waals surface area contributed by atoms with Crippen LogP contribution in [0.2, 0.25) is 0 Å². The minimum Gasteiger partial charge on any atom is -0.496 e. The van der Waals surface area contributed by atoms with E-state index >= 15 is 0 Å². The van der Waals surface area contributed by atoms with Gasteiger partial charge < -0.3 is 15.0 Å². The Labute approximate surface area is 143 Å². The topological polar surface area (TPSA) is 41.6 Å². The van der Waals surface area contributed by atoms with Gasteiger partial charge in [-0.25, -0.2) is 0 Å². The van der Waals surface area contributed by atoms with Gasteiger partial charge in [0.05, 0.1) is 19.1 Å². The molecule has 0 aliphatic carbocycles. The highest BCUT2D eigenvalue weighted by molar-refractivity contribution is 5.80. The highest BCUT2D eigenvalue weighted by Crippen LogP contribution is 2.31. The number of hydrogen-bond donors (Lipinski definition) is 1. The molecule has 0 saturated carbocycles. The Kier molecular flexibility index (Phi) is 4.86. The second-order valence-corrected chi connectivity index (χ2v) is 6.30. The molecule has 24 heavy (non-hydrogen) atoms. The summed E-state index contributed by atoms with van der Waals surface area (Å²) < 4.78 is 5.43. The third-order valence-electron chi connectivity index (χ3n) is 4.87. The minimum atomic E-state index is 0.0600. The van der Waals surface area contributed by atoms with Crippen LogP contribution in [0.4, 0.5) is 0 Å². The number of para-hydroxylation sites is 1. The Morgan fingerprint density at radius 2 is 1.83 bits per heavy atom. The Morgan fingerprint density at radius 1 is 1.17 bits per heavy atom. The summed E-state index contributed by atoms with van der Waals surface area (Å²) in [7, 11) is 3.57. The number of nitrogens with one attached hydrogen (secondary N) is 1. The quantitative estimate of drug-likeness (QED) is 0.919. The zero-order valence-corrected chi connectivity index (χ0v) is 14.5. The fourth-order valence-corrected chi connectivity index (χ4v) is 2.99. The van der Waals surface area contributed by atoms with Crippen LogP contribution in [-0.4, -0.2) is 38.1 Å². The molecular formula is C20H24N2O2. The van der Waals surface area contributed by atoms with Gasteiger partial charge >= 0.3 is 0 Å². The lowest BCUT2D eigenvalue weighted by atomic mass is 9.98. The number of nitrogens with zero attached hydrogens (tertiary/aromatic N) is 1. The standard InChI is InChI=1S/C20H24N2O2/c1-14(22(2)20(23)17-12-21-13-17)15-8-10-16(11-9-15)18-6-4-5-7-19(18)24-3/h4-11,14,17,21H,12-13H2,1-3H3. The van der Waals surface area contributed by atoms with Gasteiger partial charge in [0.2, 0.25) is 5.91 Å². The van der Waals surface area contributed by atoms with E-state index in [1.165, 1.54) is 0 Å². The van der Waals surface area contributed by atoms with E-state index in [4.69, 9.17) is 4.74 Å². The van der Waals surface area contributed by atoms with E-state index in [0.29, 0.717) is 0 Å². The first-order valence-electron chi connectivity index (χ1n) is 8.32. The first-order valence-corrected chi connectivity index (χ1v) is 8.32. The molecule has 0 radical (unpaired) electrons. The molecule has 1 amide bonds. The van der Waals surface area contributed by atoms with E-state index < -0.39 is 0 Å². The Balaban J connectivity index is 1.77. The van der Waals surface area contributed by atoms with Gasteiger partial charge in [0.1, 0.15) is 5.75 Å². The summed E-state index contributed by atoms with van der Waals surface area (Å²) >= 11 is 0. The van der Waals surface area contributed by atoms with Crippen molar-refractivity contribution in [2.24, 2.45) is 5.92 Å². The summed E-state index contributed by atoms with van der Waals surface area (Å²) in [5.74, 6) is 1.21. The zero-order valence-electron chi connectivity index (χ0n) is 14.5. The molecule has 3 rings (SSSR count). The zero-order chi connectivity index (χ0) is 17.1. The Bertz CT molecular complexity index is 708. The first-order chi connectivity index (χ1) is 11.6. The maximum Gasteiger partial charge on any atom is 0.228 e. The molecule has 4 nitrogen and oxygen atoms in total. The second kappa shape index (κ2) is 7.05. The van der Waals surface area contributed by atoms with E-state index in [2.05, 4.69) is 42.6 Å². The van der Waals surface area contributed by atoms with Crippen molar-refractivity contribution in [3.05, 3.63) is 54.1 Å². The van der Waals surface area contributed by atoms with Crippen molar-refractivity contribution in [2.45, 2.75) is 13.0 Å². The molecule has 1 aliphatic rings. The van der Waals surface area contributed by atoms with Crippen LogP contribution in [0.25, 0.3) is 11.1 Å². The average Bonchev–Trinajstić information content (AvgIpc) is 2.59. The third-order valence-corrected chi connectivity index (χ3v) is 4.87. The largest absolute Gasteiger partial charge is 0.496 e. The molecule has 1 N–H and O–H groups in total. The molecule has 0 bridgehead atoms. The molecule has 0 spiro atoms. The van der Waals surface area contributed by atoms with Gasteiger partial charge in [0.15, 0.2) is 0 Å². The van der Waals surface area contributed by atoms with Crippen LogP contribution in [0.5, 0.6) is 5.75 Å². The SMILES string of the molecule is COc1ccccc1-c1ccc(C(C)N(C)C(=O)C2CNC2)cc1. The lowest BCUT2D eigenvalue weighted by Gasteiger charge is -2.33. The number of methoxy groups -OCH3 is 1. The van der Waals surface area contributed by atoms with Gasteiger partial charge in [-0.05, 0) is 24.1 Å². The van der Waals surface area contributed by atoms with Crippen molar-refractivity contribution < 1.29 is 9.53 Å². The molecule has 0 aromatic heterocycles. The van der Waals surface area contributed by atoms with E-state index in [0.717, 1.165) is 35.5 Å². The van der Waals surface area contributed by atoms with Crippen LogP contribution >= 0.6 is 0 Å². The van der Waals surface area contributed by atoms with Crippen LogP contribution < -0.4 is 10.1 Å². The number of carbonyl (C=O) groups is 1. The molecule has 4 heteroatoms. The Hall–Kier alpha value is -2.33. The van der Waals surface area contributed by atoms with Crippen LogP contribution in [0.15, 0.2) is 48.5 Å². The fraction of sp³-hybridized carbons (Fsp3) is 0.350. The molecule has 1 fully saturated rings. The molecular weight excluding hydrogens is 300 g/mol. The molecule has 1 saturated heterocycles. The summed E-state index contributed by atoms with van der Waals surface area (Å²) in [5.41, 5.74) is 3.32. The summed E-state index contributed by atoms with van der Waals surface area (Å²) in [6.07, 6.45) is 0. The van der Waals surface area contributed by atoms with Crippen molar-refractivity contribution in [1.82, 2.24) is 10.2 Å². The molecule has 1 unspecified atom stereocenters. The number of ether oxygens (including phenoxy) is 1. The van der Waals surface area contributed by atoms with Crippen LogP contribution in [0.1, 0.15) is 18.5 Å². The first kappa shape index (κ1) is 16.5. The smallest absolute Gasteiger partial charge is 0.228 e. The molecule has 2 aromatic carbocycles. The van der Waals surface area contributed by atoms with Crippen LogP contribution in [-0.2, 0) is 4.79 Å². The van der Waals surface area contributed by atoms with Gasteiger partial charge in [-0.1, -0.05) is 42.5 Å². The van der Waals surface area contributed by atoms with E-state index in [1.807, 2.05) is 30.1 Å². The van der Waals surface area contributed by atoms with Gasteiger partial charge in [0, 0.05) is 25.7 Å².